The van der Waals surface area contributed by atoms with E-state index in [2.05, 4.69) is 11.9 Å². The van der Waals surface area contributed by atoms with Gasteiger partial charge in [-0.05, 0) is 31.5 Å². The molecule has 23 heavy (non-hydrogen) atoms. The number of carbonyl (C=O) groups is 2. The second-order valence-electron chi connectivity index (χ2n) is 5.82. The Kier molecular flexibility index (Phi) is 6.18. The fraction of sp³-hybridized carbons (Fsp3) is 0.412. The van der Waals surface area contributed by atoms with Crippen LogP contribution in [-0.4, -0.2) is 23.8 Å². The van der Waals surface area contributed by atoms with Crippen molar-refractivity contribution >= 4 is 17.6 Å². The summed E-state index contributed by atoms with van der Waals surface area (Å²) in [5, 5.41) is 12.0. The number of rotatable bonds is 8. The Balaban J connectivity index is 2.93. The number of benzene rings is 1. The van der Waals surface area contributed by atoms with Gasteiger partial charge in [-0.25, -0.2) is 4.79 Å². The van der Waals surface area contributed by atoms with E-state index in [1.807, 2.05) is 20.8 Å². The summed E-state index contributed by atoms with van der Waals surface area (Å²) >= 11 is 0. The minimum absolute atomic E-state index is 0.0533. The van der Waals surface area contributed by atoms with Gasteiger partial charge in [-0.3, -0.25) is 4.79 Å². The van der Waals surface area contributed by atoms with Crippen molar-refractivity contribution in [2.45, 2.75) is 34.1 Å². The Morgan fingerprint density at radius 1 is 1.35 bits per heavy atom. The number of carboxylic acids is 1. The summed E-state index contributed by atoms with van der Waals surface area (Å²) in [6.45, 7) is 10.7. The maximum Gasteiger partial charge on any atom is 0.339 e. The maximum atomic E-state index is 12.2. The zero-order chi connectivity index (χ0) is 17.6. The van der Waals surface area contributed by atoms with Crippen LogP contribution in [0.25, 0.3) is 0 Å². The molecule has 0 aliphatic carbocycles. The number of carbonyl (C=O) groups excluding carboxylic acids is 1. The first-order valence-electron chi connectivity index (χ1n) is 7.27. The highest BCUT2D eigenvalue weighted by molar-refractivity contribution is 5.97. The van der Waals surface area contributed by atoms with Gasteiger partial charge in [0.25, 0.3) is 0 Å². The summed E-state index contributed by atoms with van der Waals surface area (Å²) in [4.78, 5) is 23.5. The third-order valence-electron chi connectivity index (χ3n) is 3.49. The summed E-state index contributed by atoms with van der Waals surface area (Å²) in [6.07, 6.45) is 0.671. The zero-order valence-corrected chi connectivity index (χ0v) is 13.9. The highest BCUT2D eigenvalue weighted by atomic mass is 16.7. The van der Waals surface area contributed by atoms with Crippen LogP contribution >= 0.6 is 0 Å². The van der Waals surface area contributed by atoms with Crippen LogP contribution in [0.3, 0.4) is 0 Å². The molecule has 0 spiro atoms. The van der Waals surface area contributed by atoms with Crippen LogP contribution in [0.1, 0.15) is 44.5 Å². The number of hydrogen-bond acceptors (Lipinski definition) is 4. The van der Waals surface area contributed by atoms with Gasteiger partial charge in [-0.2, -0.15) is 0 Å². The third kappa shape index (κ3) is 5.32. The van der Waals surface area contributed by atoms with E-state index < -0.39 is 11.4 Å². The van der Waals surface area contributed by atoms with Crippen molar-refractivity contribution in [1.82, 2.24) is 0 Å². The van der Waals surface area contributed by atoms with E-state index in [0.717, 1.165) is 0 Å². The molecule has 1 amide bonds. The first kappa shape index (κ1) is 18.5. The minimum atomic E-state index is -1.15. The van der Waals surface area contributed by atoms with Gasteiger partial charge in [0.2, 0.25) is 12.7 Å². The minimum Gasteiger partial charge on any atom is -0.478 e. The van der Waals surface area contributed by atoms with Gasteiger partial charge in [0.1, 0.15) is 11.3 Å². The van der Waals surface area contributed by atoms with Crippen LogP contribution in [0, 0.1) is 5.41 Å². The summed E-state index contributed by atoms with van der Waals surface area (Å²) in [6, 6.07) is 4.44. The average Bonchev–Trinajstić information content (AvgIpc) is 2.47. The molecule has 1 aromatic rings. The van der Waals surface area contributed by atoms with Crippen LogP contribution in [0.15, 0.2) is 30.5 Å². The molecule has 0 aromatic heterocycles. The Morgan fingerprint density at radius 3 is 2.52 bits per heavy atom. The molecule has 0 aliphatic heterocycles. The number of allylic oxidation sites excluding steroid dienone is 1. The second kappa shape index (κ2) is 7.67. The molecular formula is C17H23NO5. The molecule has 0 bridgehead atoms. The number of nitrogens with one attached hydrogen (secondary N) is 1. The van der Waals surface area contributed by atoms with Gasteiger partial charge in [0.15, 0.2) is 0 Å². The van der Waals surface area contributed by atoms with Gasteiger partial charge < -0.3 is 19.9 Å². The Labute approximate surface area is 136 Å². The van der Waals surface area contributed by atoms with Crippen molar-refractivity contribution in [1.29, 1.82) is 0 Å². The molecule has 0 saturated carbocycles. The normalized spacial score (nSPS) is 10.8. The highest BCUT2D eigenvalue weighted by Crippen LogP contribution is 2.26. The molecule has 6 nitrogen and oxygen atoms in total. The Bertz CT molecular complexity index is 607. The number of hydrogen-bond donors (Lipinski definition) is 2. The average molecular weight is 321 g/mol. The maximum absolute atomic E-state index is 12.2. The van der Waals surface area contributed by atoms with Gasteiger partial charge in [0.05, 0.1) is 5.76 Å². The smallest absolute Gasteiger partial charge is 0.339 e. The molecule has 1 aromatic carbocycles. The number of anilines is 1. The number of carboxylic acid groups (broad SMARTS) is 1. The first-order chi connectivity index (χ1) is 10.7. The fourth-order valence-corrected chi connectivity index (χ4v) is 1.56. The lowest BCUT2D eigenvalue weighted by atomic mass is 9.89. The van der Waals surface area contributed by atoms with E-state index in [1.165, 1.54) is 12.1 Å². The molecule has 2 N–H and O–H groups in total. The molecule has 126 valence electrons. The van der Waals surface area contributed by atoms with E-state index in [1.54, 1.807) is 13.0 Å². The van der Waals surface area contributed by atoms with E-state index in [-0.39, 0.29) is 24.0 Å². The molecule has 0 heterocycles. The monoisotopic (exact) mass is 321 g/mol. The molecule has 6 heteroatoms. The number of ether oxygens (including phenoxy) is 2. The summed E-state index contributed by atoms with van der Waals surface area (Å²) in [5.74, 6) is -0.698. The van der Waals surface area contributed by atoms with E-state index in [0.29, 0.717) is 17.9 Å². The third-order valence-corrected chi connectivity index (χ3v) is 3.49. The molecule has 0 fully saturated rings. The lowest BCUT2D eigenvalue weighted by Crippen LogP contribution is -2.30. The van der Waals surface area contributed by atoms with Crippen LogP contribution in [0.4, 0.5) is 5.69 Å². The summed E-state index contributed by atoms with van der Waals surface area (Å²) in [5.41, 5.74) is -0.182. The van der Waals surface area contributed by atoms with Crippen molar-refractivity contribution < 1.29 is 24.2 Å². The van der Waals surface area contributed by atoms with Gasteiger partial charge in [0, 0.05) is 11.1 Å². The predicted molar refractivity (Wildman–Crippen MR) is 87.5 cm³/mol. The molecular weight excluding hydrogens is 298 g/mol. The molecule has 0 radical (unpaired) electrons. The quantitative estimate of drug-likeness (QED) is 0.564. The van der Waals surface area contributed by atoms with Crippen LogP contribution < -0.4 is 10.1 Å². The van der Waals surface area contributed by atoms with E-state index >= 15 is 0 Å². The fourth-order valence-electron chi connectivity index (χ4n) is 1.56. The molecule has 1 rings (SSSR count). The zero-order valence-electron chi connectivity index (χ0n) is 13.9. The summed E-state index contributed by atoms with van der Waals surface area (Å²) < 4.78 is 10.3. The van der Waals surface area contributed by atoms with Crippen molar-refractivity contribution in [2.24, 2.45) is 5.41 Å². The van der Waals surface area contributed by atoms with E-state index in [4.69, 9.17) is 9.47 Å². The largest absolute Gasteiger partial charge is 0.478 e. The van der Waals surface area contributed by atoms with Crippen molar-refractivity contribution in [3.8, 4) is 5.75 Å². The van der Waals surface area contributed by atoms with Crippen molar-refractivity contribution in [2.75, 3.05) is 12.1 Å². The van der Waals surface area contributed by atoms with Crippen LogP contribution in [0.2, 0.25) is 0 Å². The number of amides is 1. The van der Waals surface area contributed by atoms with Gasteiger partial charge >= 0.3 is 5.97 Å². The van der Waals surface area contributed by atoms with Gasteiger partial charge in [-0.1, -0.05) is 27.4 Å². The lowest BCUT2D eigenvalue weighted by Gasteiger charge is -2.21. The van der Waals surface area contributed by atoms with Crippen LogP contribution in [-0.2, 0) is 9.53 Å². The second-order valence-corrected chi connectivity index (χ2v) is 5.82. The van der Waals surface area contributed by atoms with Crippen LogP contribution in [0.5, 0.6) is 5.75 Å². The Hall–Kier alpha value is -2.50. The SMILES string of the molecule is C=C(C)OCOc1ccc(NC(=O)C(C)(C)CC)cc1C(=O)O. The topological polar surface area (TPSA) is 84.9 Å². The molecule has 0 aliphatic rings. The summed E-state index contributed by atoms with van der Waals surface area (Å²) in [7, 11) is 0. The highest BCUT2D eigenvalue weighted by Gasteiger charge is 2.25. The molecule has 0 unspecified atom stereocenters. The molecule has 0 saturated heterocycles. The van der Waals surface area contributed by atoms with Crippen molar-refractivity contribution in [3.05, 3.63) is 36.1 Å². The molecule has 0 atom stereocenters. The standard InChI is InChI=1S/C17H23NO5/c1-6-17(4,5)16(21)18-12-7-8-14(13(9-12)15(19)20)23-10-22-11(2)3/h7-9H,2,6,10H2,1,3-5H3,(H,18,21)(H,19,20). The number of aromatic carboxylic acids is 1. The Morgan fingerprint density at radius 2 is 2.00 bits per heavy atom. The van der Waals surface area contributed by atoms with E-state index in [9.17, 15) is 14.7 Å². The van der Waals surface area contributed by atoms with Crippen molar-refractivity contribution in [3.63, 3.8) is 0 Å². The van der Waals surface area contributed by atoms with Gasteiger partial charge in [-0.15, -0.1) is 0 Å². The predicted octanol–water partition coefficient (Wildman–Crippen LogP) is 3.65. The lowest BCUT2D eigenvalue weighted by molar-refractivity contribution is -0.124. The first-order valence-corrected chi connectivity index (χ1v) is 7.27.